The van der Waals surface area contributed by atoms with E-state index >= 15 is 0 Å². The average Bonchev–Trinajstić information content (AvgIpc) is 2.35. The van der Waals surface area contributed by atoms with Crippen molar-refractivity contribution >= 4 is 15.8 Å². The van der Waals surface area contributed by atoms with Crippen LogP contribution in [0.4, 0.5) is 0 Å². The molecule has 0 aromatic heterocycles. The van der Waals surface area contributed by atoms with E-state index in [0.29, 0.717) is 12.1 Å². The van der Waals surface area contributed by atoms with Gasteiger partial charge in [-0.15, -0.1) is 0 Å². The van der Waals surface area contributed by atoms with Crippen molar-refractivity contribution in [3.8, 4) is 0 Å². The molecule has 0 bridgehead atoms. The maximum Gasteiger partial charge on any atom is 0.242 e. The van der Waals surface area contributed by atoms with Gasteiger partial charge < -0.3 is 0 Å². The zero-order valence-electron chi connectivity index (χ0n) is 11.0. The van der Waals surface area contributed by atoms with Crippen molar-refractivity contribution < 1.29 is 13.2 Å². The van der Waals surface area contributed by atoms with Crippen LogP contribution in [0.25, 0.3) is 0 Å². The highest BCUT2D eigenvalue weighted by atomic mass is 32.2. The highest BCUT2D eigenvalue weighted by Gasteiger charge is 2.19. The predicted octanol–water partition coefficient (Wildman–Crippen LogP) is 2.31. The summed E-state index contributed by atoms with van der Waals surface area (Å²) < 4.78 is 25.7. The van der Waals surface area contributed by atoms with Gasteiger partial charge in [0, 0.05) is 19.2 Å². The molecular formula is C13H19NO3S. The summed E-state index contributed by atoms with van der Waals surface area (Å²) in [5, 5.41) is 0. The number of Topliss-reactive ketones (excluding diaryl/α,β-unsaturated/α-hetero) is 1. The van der Waals surface area contributed by atoms with Crippen LogP contribution in [0.5, 0.6) is 0 Å². The monoisotopic (exact) mass is 269 g/mol. The van der Waals surface area contributed by atoms with Gasteiger partial charge in [-0.05, 0) is 25.5 Å². The first-order valence-electron chi connectivity index (χ1n) is 5.97. The van der Waals surface area contributed by atoms with Gasteiger partial charge in [0.05, 0.1) is 4.90 Å². The Bertz CT molecular complexity index is 506. The molecule has 0 fully saturated rings. The molecule has 100 valence electrons. The molecule has 0 saturated carbocycles. The number of carbonyl (C=O) groups is 1. The molecule has 0 amide bonds. The molecule has 1 aromatic carbocycles. The number of unbranched alkanes of at least 4 members (excludes halogenated alkanes) is 1. The van der Waals surface area contributed by atoms with Crippen LogP contribution in [-0.4, -0.2) is 32.1 Å². The fourth-order valence-electron chi connectivity index (χ4n) is 1.54. The SMILES string of the molecule is CCCCN(C)S(=O)(=O)c1ccc(C(C)=O)cc1. The molecular weight excluding hydrogens is 250 g/mol. The summed E-state index contributed by atoms with van der Waals surface area (Å²) in [6.45, 7) is 3.98. The fraction of sp³-hybridized carbons (Fsp3) is 0.462. The van der Waals surface area contributed by atoms with Gasteiger partial charge in [-0.2, -0.15) is 0 Å². The number of rotatable bonds is 6. The second-order valence-corrected chi connectivity index (χ2v) is 6.31. The Morgan fingerprint density at radius 1 is 1.22 bits per heavy atom. The van der Waals surface area contributed by atoms with Gasteiger partial charge >= 0.3 is 0 Å². The van der Waals surface area contributed by atoms with Gasteiger partial charge in [-0.3, -0.25) is 4.79 Å². The molecule has 0 atom stereocenters. The largest absolute Gasteiger partial charge is 0.295 e. The van der Waals surface area contributed by atoms with E-state index in [1.165, 1.54) is 23.4 Å². The maximum atomic E-state index is 12.2. The lowest BCUT2D eigenvalue weighted by molar-refractivity contribution is 0.101. The third kappa shape index (κ3) is 3.40. The molecule has 0 N–H and O–H groups in total. The lowest BCUT2D eigenvalue weighted by Crippen LogP contribution is -2.27. The van der Waals surface area contributed by atoms with Crippen LogP contribution in [0.2, 0.25) is 0 Å². The maximum absolute atomic E-state index is 12.2. The quantitative estimate of drug-likeness (QED) is 0.745. The number of carbonyl (C=O) groups excluding carboxylic acids is 1. The number of hydrogen-bond donors (Lipinski definition) is 0. The average molecular weight is 269 g/mol. The summed E-state index contributed by atoms with van der Waals surface area (Å²) in [5.74, 6) is -0.0710. The molecule has 0 aliphatic rings. The summed E-state index contributed by atoms with van der Waals surface area (Å²) in [4.78, 5) is 11.3. The number of ketones is 1. The smallest absolute Gasteiger partial charge is 0.242 e. The summed E-state index contributed by atoms with van der Waals surface area (Å²) >= 11 is 0. The number of sulfonamides is 1. The van der Waals surface area contributed by atoms with Crippen molar-refractivity contribution in [1.29, 1.82) is 0 Å². The Hall–Kier alpha value is -1.20. The van der Waals surface area contributed by atoms with E-state index in [1.807, 2.05) is 6.92 Å². The van der Waals surface area contributed by atoms with Crippen LogP contribution < -0.4 is 0 Å². The standard InChI is InChI=1S/C13H19NO3S/c1-4-5-10-14(3)18(16,17)13-8-6-12(7-9-13)11(2)15/h6-9H,4-5,10H2,1-3H3. The zero-order chi connectivity index (χ0) is 13.8. The fourth-order valence-corrected chi connectivity index (χ4v) is 2.75. The van der Waals surface area contributed by atoms with Crippen LogP contribution in [0.1, 0.15) is 37.0 Å². The van der Waals surface area contributed by atoms with Crippen molar-refractivity contribution in [2.75, 3.05) is 13.6 Å². The molecule has 0 spiro atoms. The molecule has 0 radical (unpaired) electrons. The molecule has 0 saturated heterocycles. The molecule has 0 heterocycles. The van der Waals surface area contributed by atoms with E-state index in [1.54, 1.807) is 19.2 Å². The molecule has 0 aliphatic heterocycles. The Labute approximate surface area is 109 Å². The van der Waals surface area contributed by atoms with Crippen molar-refractivity contribution in [2.45, 2.75) is 31.6 Å². The van der Waals surface area contributed by atoms with Crippen LogP contribution >= 0.6 is 0 Å². The van der Waals surface area contributed by atoms with Crippen LogP contribution in [0.15, 0.2) is 29.2 Å². The van der Waals surface area contributed by atoms with Gasteiger partial charge in [0.2, 0.25) is 10.0 Å². The van der Waals surface area contributed by atoms with Gasteiger partial charge in [0.25, 0.3) is 0 Å². The van der Waals surface area contributed by atoms with Gasteiger partial charge in [0.15, 0.2) is 5.78 Å². The van der Waals surface area contributed by atoms with E-state index in [-0.39, 0.29) is 10.7 Å². The third-order valence-electron chi connectivity index (χ3n) is 2.80. The molecule has 0 unspecified atom stereocenters. The van der Waals surface area contributed by atoms with Crippen molar-refractivity contribution in [1.82, 2.24) is 4.31 Å². The first kappa shape index (κ1) is 14.9. The second kappa shape index (κ2) is 6.11. The summed E-state index contributed by atoms with van der Waals surface area (Å²) in [7, 11) is -1.86. The number of nitrogens with zero attached hydrogens (tertiary/aromatic N) is 1. The van der Waals surface area contributed by atoms with Crippen LogP contribution in [-0.2, 0) is 10.0 Å². The van der Waals surface area contributed by atoms with Gasteiger partial charge in [-0.1, -0.05) is 25.5 Å². The topological polar surface area (TPSA) is 54.5 Å². The Morgan fingerprint density at radius 2 is 1.78 bits per heavy atom. The first-order chi connectivity index (χ1) is 8.39. The summed E-state index contributed by atoms with van der Waals surface area (Å²) in [5.41, 5.74) is 0.519. The van der Waals surface area contributed by atoms with E-state index in [2.05, 4.69) is 0 Å². The van der Waals surface area contributed by atoms with Crippen LogP contribution in [0, 0.1) is 0 Å². The molecule has 18 heavy (non-hydrogen) atoms. The second-order valence-electron chi connectivity index (χ2n) is 4.26. The number of hydrogen-bond acceptors (Lipinski definition) is 3. The first-order valence-corrected chi connectivity index (χ1v) is 7.41. The molecule has 5 heteroatoms. The number of benzene rings is 1. The highest BCUT2D eigenvalue weighted by Crippen LogP contribution is 2.15. The third-order valence-corrected chi connectivity index (χ3v) is 4.67. The van der Waals surface area contributed by atoms with Crippen LogP contribution in [0.3, 0.4) is 0 Å². The Kier molecular flexibility index (Phi) is 5.04. The Morgan fingerprint density at radius 3 is 2.22 bits per heavy atom. The molecule has 4 nitrogen and oxygen atoms in total. The van der Waals surface area contributed by atoms with E-state index in [4.69, 9.17) is 0 Å². The molecule has 1 rings (SSSR count). The predicted molar refractivity (Wildman–Crippen MR) is 71.2 cm³/mol. The van der Waals surface area contributed by atoms with Gasteiger partial charge in [0.1, 0.15) is 0 Å². The van der Waals surface area contributed by atoms with Gasteiger partial charge in [-0.25, -0.2) is 12.7 Å². The summed E-state index contributed by atoms with van der Waals surface area (Å²) in [6.07, 6.45) is 1.78. The van der Waals surface area contributed by atoms with E-state index < -0.39 is 10.0 Å². The van der Waals surface area contributed by atoms with Crippen molar-refractivity contribution in [3.05, 3.63) is 29.8 Å². The van der Waals surface area contributed by atoms with E-state index in [9.17, 15) is 13.2 Å². The minimum atomic E-state index is -3.43. The van der Waals surface area contributed by atoms with E-state index in [0.717, 1.165) is 12.8 Å². The lowest BCUT2D eigenvalue weighted by Gasteiger charge is -2.16. The lowest BCUT2D eigenvalue weighted by atomic mass is 10.2. The Balaban J connectivity index is 2.94. The normalized spacial score (nSPS) is 11.8. The van der Waals surface area contributed by atoms with Crippen molar-refractivity contribution in [2.24, 2.45) is 0 Å². The zero-order valence-corrected chi connectivity index (χ0v) is 11.8. The minimum absolute atomic E-state index is 0.0710. The highest BCUT2D eigenvalue weighted by molar-refractivity contribution is 7.89. The minimum Gasteiger partial charge on any atom is -0.295 e. The molecule has 0 aliphatic carbocycles. The summed E-state index contributed by atoms with van der Waals surface area (Å²) in [6, 6.07) is 6.05. The van der Waals surface area contributed by atoms with Crippen molar-refractivity contribution in [3.63, 3.8) is 0 Å². The molecule has 1 aromatic rings.